The Morgan fingerprint density at radius 3 is 2.88 bits per heavy atom. The van der Waals surface area contributed by atoms with Crippen LogP contribution in [0.4, 0.5) is 0 Å². The van der Waals surface area contributed by atoms with Crippen molar-refractivity contribution in [1.29, 1.82) is 0 Å². The third-order valence-corrected chi connectivity index (χ3v) is 2.75. The van der Waals surface area contributed by atoms with Crippen molar-refractivity contribution < 1.29 is 4.74 Å². The molecule has 0 bridgehead atoms. The minimum Gasteiger partial charge on any atom is -0.493 e. The van der Waals surface area contributed by atoms with Gasteiger partial charge in [-0.1, -0.05) is 42.0 Å². The van der Waals surface area contributed by atoms with Crippen molar-refractivity contribution in [2.45, 2.75) is 6.92 Å². The highest BCUT2D eigenvalue weighted by Gasteiger charge is 2.08. The predicted octanol–water partition coefficient (Wildman–Crippen LogP) is 3.86. The second-order valence-electron chi connectivity index (χ2n) is 3.36. The molecule has 0 fully saturated rings. The molecule has 0 aliphatic carbocycles. The third-order valence-electron chi connectivity index (χ3n) is 2.25. The van der Waals surface area contributed by atoms with E-state index in [1.807, 2.05) is 31.2 Å². The second-order valence-corrected chi connectivity index (χ2v) is 4.16. The Morgan fingerprint density at radius 1 is 1.35 bits per heavy atom. The van der Waals surface area contributed by atoms with Gasteiger partial charge < -0.3 is 4.74 Å². The van der Waals surface area contributed by atoms with Crippen molar-refractivity contribution >= 4 is 23.8 Å². The summed E-state index contributed by atoms with van der Waals surface area (Å²) in [5.74, 6) is 0.789. The first-order valence-electron chi connectivity index (χ1n) is 5.19. The van der Waals surface area contributed by atoms with Gasteiger partial charge in [-0.2, -0.15) is 5.10 Å². The molecule has 0 saturated carbocycles. The summed E-state index contributed by atoms with van der Waals surface area (Å²) in [5, 5.41) is 6.92. The predicted molar refractivity (Wildman–Crippen MR) is 71.0 cm³/mol. The average molecular weight is 267 g/mol. The summed E-state index contributed by atoms with van der Waals surface area (Å²) in [7, 11) is 0. The van der Waals surface area contributed by atoms with Crippen LogP contribution >= 0.6 is 23.8 Å². The minimum absolute atomic E-state index is 0.375. The largest absolute Gasteiger partial charge is 0.493 e. The van der Waals surface area contributed by atoms with Gasteiger partial charge in [0, 0.05) is 11.1 Å². The summed E-state index contributed by atoms with van der Waals surface area (Å²) < 4.78 is 6.11. The van der Waals surface area contributed by atoms with Gasteiger partial charge in [-0.25, -0.2) is 0 Å². The number of hydrogen-bond donors (Lipinski definition) is 1. The first kappa shape index (κ1) is 12.1. The summed E-state index contributed by atoms with van der Waals surface area (Å²) in [5.41, 5.74) is 1.74. The molecule has 0 atom stereocenters. The molecule has 5 heteroatoms. The summed E-state index contributed by atoms with van der Waals surface area (Å²) in [6, 6.07) is 9.44. The highest BCUT2D eigenvalue weighted by atomic mass is 35.5. The lowest BCUT2D eigenvalue weighted by Gasteiger charge is -2.09. The molecule has 0 saturated heterocycles. The molecule has 2 aromatic rings. The monoisotopic (exact) mass is 266 g/mol. The Hall–Kier alpha value is -1.39. The zero-order valence-electron chi connectivity index (χ0n) is 9.24. The van der Waals surface area contributed by atoms with Crippen molar-refractivity contribution in [3.05, 3.63) is 40.1 Å². The van der Waals surface area contributed by atoms with Crippen LogP contribution in [0.1, 0.15) is 6.92 Å². The Kier molecular flexibility index (Phi) is 3.76. The van der Waals surface area contributed by atoms with E-state index in [4.69, 9.17) is 28.6 Å². The Balaban J connectivity index is 2.59. The normalized spacial score (nSPS) is 10.2. The van der Waals surface area contributed by atoms with Crippen LogP contribution in [-0.4, -0.2) is 16.8 Å². The van der Waals surface area contributed by atoms with Crippen molar-refractivity contribution in [2.75, 3.05) is 6.61 Å². The highest BCUT2D eigenvalue weighted by Crippen LogP contribution is 2.30. The van der Waals surface area contributed by atoms with Crippen LogP contribution in [0.5, 0.6) is 5.75 Å². The number of aromatic amines is 1. The van der Waals surface area contributed by atoms with Gasteiger partial charge in [-0.05, 0) is 19.1 Å². The molecule has 3 nitrogen and oxygen atoms in total. The molecule has 0 amide bonds. The van der Waals surface area contributed by atoms with Crippen LogP contribution < -0.4 is 4.74 Å². The average Bonchev–Trinajstić information content (AvgIpc) is 2.34. The fourth-order valence-corrected chi connectivity index (χ4v) is 1.92. The number of aromatic nitrogens is 2. The van der Waals surface area contributed by atoms with Gasteiger partial charge in [0.15, 0.2) is 0 Å². The van der Waals surface area contributed by atoms with Crippen LogP contribution in [0, 0.1) is 4.64 Å². The zero-order valence-corrected chi connectivity index (χ0v) is 10.8. The maximum atomic E-state index is 5.87. The molecular weight excluding hydrogens is 256 g/mol. The van der Waals surface area contributed by atoms with Crippen molar-refractivity contribution in [2.24, 2.45) is 0 Å². The number of H-pyrrole nitrogens is 1. The fraction of sp³-hybridized carbons (Fsp3) is 0.167. The number of rotatable bonds is 3. The molecule has 17 heavy (non-hydrogen) atoms. The molecule has 1 aromatic heterocycles. The SMILES string of the molecule is CCOc1ccccc1-c1cc(Cl)n[nH]c1=S. The van der Waals surface area contributed by atoms with E-state index in [9.17, 15) is 0 Å². The van der Waals surface area contributed by atoms with E-state index in [0.29, 0.717) is 16.4 Å². The van der Waals surface area contributed by atoms with E-state index in [1.165, 1.54) is 0 Å². The number of benzene rings is 1. The van der Waals surface area contributed by atoms with Gasteiger partial charge in [0.25, 0.3) is 0 Å². The molecule has 88 valence electrons. The standard InChI is InChI=1S/C12H11ClN2OS/c1-2-16-10-6-4-3-5-8(10)9-7-11(13)14-15-12(9)17/h3-7H,2H2,1H3,(H,15,17). The number of nitrogens with one attached hydrogen (secondary N) is 1. The number of para-hydroxylation sites is 1. The molecule has 1 heterocycles. The molecule has 2 rings (SSSR count). The van der Waals surface area contributed by atoms with Crippen LogP contribution in [0.25, 0.3) is 11.1 Å². The molecular formula is C12H11ClN2OS. The minimum atomic E-state index is 0.375. The molecule has 0 aliphatic rings. The summed E-state index contributed by atoms with van der Waals surface area (Å²) in [6.07, 6.45) is 0. The Morgan fingerprint density at radius 2 is 2.12 bits per heavy atom. The maximum Gasteiger partial charge on any atom is 0.150 e. The molecule has 0 radical (unpaired) electrons. The van der Waals surface area contributed by atoms with Gasteiger partial charge in [0.05, 0.1) is 6.61 Å². The molecule has 0 unspecified atom stereocenters. The van der Waals surface area contributed by atoms with Crippen LogP contribution in [0.3, 0.4) is 0 Å². The van der Waals surface area contributed by atoms with E-state index in [2.05, 4.69) is 10.2 Å². The Labute approximate surface area is 109 Å². The lowest BCUT2D eigenvalue weighted by molar-refractivity contribution is 0.341. The van der Waals surface area contributed by atoms with Gasteiger partial charge >= 0.3 is 0 Å². The van der Waals surface area contributed by atoms with E-state index >= 15 is 0 Å². The first-order chi connectivity index (χ1) is 8.22. The lowest BCUT2D eigenvalue weighted by Crippen LogP contribution is -1.95. The molecule has 0 aliphatic heterocycles. The first-order valence-corrected chi connectivity index (χ1v) is 5.98. The lowest BCUT2D eigenvalue weighted by atomic mass is 10.1. The number of halogens is 1. The highest BCUT2D eigenvalue weighted by molar-refractivity contribution is 7.71. The molecule has 1 aromatic carbocycles. The zero-order chi connectivity index (χ0) is 12.3. The Bertz CT molecular complexity index is 583. The van der Waals surface area contributed by atoms with Crippen LogP contribution in [-0.2, 0) is 0 Å². The number of nitrogens with zero attached hydrogens (tertiary/aromatic N) is 1. The van der Waals surface area contributed by atoms with E-state index in [-0.39, 0.29) is 0 Å². The smallest absolute Gasteiger partial charge is 0.150 e. The van der Waals surface area contributed by atoms with Gasteiger partial charge in [0.1, 0.15) is 15.5 Å². The summed E-state index contributed by atoms with van der Waals surface area (Å²) >= 11 is 11.1. The topological polar surface area (TPSA) is 37.9 Å². The van der Waals surface area contributed by atoms with E-state index in [1.54, 1.807) is 6.07 Å². The van der Waals surface area contributed by atoms with Crippen LogP contribution in [0.15, 0.2) is 30.3 Å². The van der Waals surface area contributed by atoms with Gasteiger partial charge in [-0.15, -0.1) is 0 Å². The third kappa shape index (κ3) is 2.65. The summed E-state index contributed by atoms with van der Waals surface area (Å²) in [4.78, 5) is 0. The maximum absolute atomic E-state index is 5.87. The fourth-order valence-electron chi connectivity index (χ4n) is 1.55. The second kappa shape index (κ2) is 5.29. The van der Waals surface area contributed by atoms with Crippen molar-refractivity contribution in [1.82, 2.24) is 10.2 Å². The molecule has 0 spiro atoms. The van der Waals surface area contributed by atoms with Crippen LogP contribution in [0.2, 0.25) is 5.15 Å². The quantitative estimate of drug-likeness (QED) is 0.858. The van der Waals surface area contributed by atoms with Gasteiger partial charge in [-0.3, -0.25) is 5.10 Å². The molecule has 1 N–H and O–H groups in total. The van der Waals surface area contributed by atoms with E-state index in [0.717, 1.165) is 16.9 Å². The van der Waals surface area contributed by atoms with Crippen molar-refractivity contribution in [3.8, 4) is 16.9 Å². The van der Waals surface area contributed by atoms with E-state index < -0.39 is 0 Å². The number of hydrogen-bond acceptors (Lipinski definition) is 3. The van der Waals surface area contributed by atoms with Gasteiger partial charge in [0.2, 0.25) is 0 Å². The number of ether oxygens (including phenoxy) is 1. The summed E-state index contributed by atoms with van der Waals surface area (Å²) in [6.45, 7) is 2.54. The van der Waals surface area contributed by atoms with Crippen molar-refractivity contribution in [3.63, 3.8) is 0 Å².